The number of carbonyl (C=O) groups is 1. The van der Waals surface area contributed by atoms with Gasteiger partial charge in [-0.25, -0.2) is 4.39 Å². The van der Waals surface area contributed by atoms with Crippen LogP contribution in [0.15, 0.2) is 44.3 Å². The Bertz CT molecular complexity index is 1070. The van der Waals surface area contributed by atoms with E-state index in [1.165, 1.54) is 29.9 Å². The Morgan fingerprint density at radius 1 is 1.33 bits per heavy atom. The number of hydrogen-bond donors (Lipinski definition) is 0. The van der Waals surface area contributed by atoms with Gasteiger partial charge in [0.2, 0.25) is 4.80 Å². The van der Waals surface area contributed by atoms with Crippen LogP contribution in [-0.2, 0) is 26.1 Å². The molecule has 1 aromatic carbocycles. The molecule has 3 aromatic rings. The van der Waals surface area contributed by atoms with Crippen molar-refractivity contribution in [3.63, 3.8) is 0 Å². The van der Waals surface area contributed by atoms with Crippen LogP contribution in [0.2, 0.25) is 0 Å². The van der Waals surface area contributed by atoms with Crippen molar-refractivity contribution in [3.05, 3.63) is 46.3 Å². The number of ether oxygens (including phenoxy) is 1. The van der Waals surface area contributed by atoms with Gasteiger partial charge < -0.3 is 9.30 Å². The van der Waals surface area contributed by atoms with E-state index in [1.807, 2.05) is 0 Å². The maximum atomic E-state index is 14.2. The SMILES string of the molecule is COC(=O)Cn1c(=NS(=O)(=O)c2cccs2)sc2cccc(F)c21. The van der Waals surface area contributed by atoms with Crippen LogP contribution in [0.25, 0.3) is 10.2 Å². The molecule has 0 amide bonds. The summed E-state index contributed by atoms with van der Waals surface area (Å²) in [5, 5.41) is 1.62. The number of fused-ring (bicyclic) bond motifs is 1. The molecule has 0 atom stereocenters. The van der Waals surface area contributed by atoms with Crippen LogP contribution < -0.4 is 4.80 Å². The van der Waals surface area contributed by atoms with Gasteiger partial charge in [-0.3, -0.25) is 4.79 Å². The number of benzene rings is 1. The Kier molecular flexibility index (Phi) is 4.52. The molecule has 6 nitrogen and oxygen atoms in total. The summed E-state index contributed by atoms with van der Waals surface area (Å²) in [7, 11) is -2.74. The molecule has 0 aliphatic heterocycles. The molecule has 0 bridgehead atoms. The zero-order valence-electron chi connectivity index (χ0n) is 12.3. The fourth-order valence-electron chi connectivity index (χ4n) is 2.06. The van der Waals surface area contributed by atoms with Crippen LogP contribution in [0.4, 0.5) is 4.39 Å². The highest BCUT2D eigenvalue weighted by molar-refractivity contribution is 7.92. The van der Waals surface area contributed by atoms with E-state index in [-0.39, 0.29) is 21.1 Å². The third-order valence-electron chi connectivity index (χ3n) is 3.11. The maximum Gasteiger partial charge on any atom is 0.325 e. The number of aromatic nitrogens is 1. The van der Waals surface area contributed by atoms with Crippen molar-refractivity contribution in [2.45, 2.75) is 10.8 Å². The van der Waals surface area contributed by atoms with E-state index < -0.39 is 21.8 Å². The Balaban J connectivity index is 2.28. The molecule has 0 N–H and O–H groups in total. The lowest BCUT2D eigenvalue weighted by molar-refractivity contribution is -0.141. The van der Waals surface area contributed by atoms with Gasteiger partial charge in [-0.1, -0.05) is 23.5 Å². The van der Waals surface area contributed by atoms with Gasteiger partial charge in [-0.05, 0) is 23.6 Å². The van der Waals surface area contributed by atoms with Crippen molar-refractivity contribution >= 4 is 48.9 Å². The van der Waals surface area contributed by atoms with Gasteiger partial charge in [0.15, 0.2) is 0 Å². The average molecular weight is 386 g/mol. The number of methoxy groups -OCH3 is 1. The van der Waals surface area contributed by atoms with Gasteiger partial charge in [0.1, 0.15) is 16.6 Å². The second-order valence-electron chi connectivity index (χ2n) is 4.63. The van der Waals surface area contributed by atoms with E-state index >= 15 is 0 Å². The molecule has 10 heteroatoms. The Morgan fingerprint density at radius 2 is 2.12 bits per heavy atom. The van der Waals surface area contributed by atoms with Crippen molar-refractivity contribution in [3.8, 4) is 0 Å². The van der Waals surface area contributed by atoms with E-state index in [0.29, 0.717) is 4.70 Å². The molecule has 0 aliphatic rings. The quantitative estimate of drug-likeness (QED) is 0.645. The molecule has 0 saturated carbocycles. The highest BCUT2D eigenvalue weighted by Crippen LogP contribution is 2.22. The minimum absolute atomic E-state index is 0.00824. The van der Waals surface area contributed by atoms with E-state index in [1.54, 1.807) is 17.5 Å². The smallest absolute Gasteiger partial charge is 0.325 e. The number of carbonyl (C=O) groups excluding carboxylic acids is 1. The van der Waals surface area contributed by atoms with Gasteiger partial charge in [-0.2, -0.15) is 8.42 Å². The molecule has 0 saturated heterocycles. The van der Waals surface area contributed by atoms with Gasteiger partial charge in [0.05, 0.1) is 17.3 Å². The van der Waals surface area contributed by atoms with Crippen LogP contribution in [0.1, 0.15) is 0 Å². The van der Waals surface area contributed by atoms with Crippen LogP contribution in [0.5, 0.6) is 0 Å². The number of rotatable bonds is 4. The standard InChI is InChI=1S/C14H11FN2O4S3/c1-21-11(18)8-17-13-9(15)4-2-5-10(13)23-14(17)16-24(19,20)12-6-3-7-22-12/h2-7H,8H2,1H3. The topological polar surface area (TPSA) is 77.7 Å². The van der Waals surface area contributed by atoms with E-state index in [4.69, 9.17) is 0 Å². The van der Waals surface area contributed by atoms with E-state index in [2.05, 4.69) is 9.13 Å². The first-order chi connectivity index (χ1) is 11.4. The first-order valence-corrected chi connectivity index (χ1v) is 9.75. The van der Waals surface area contributed by atoms with Gasteiger partial charge in [-0.15, -0.1) is 15.7 Å². The minimum atomic E-state index is -3.94. The van der Waals surface area contributed by atoms with E-state index in [0.717, 1.165) is 22.7 Å². The fourth-order valence-corrected chi connectivity index (χ4v) is 5.27. The average Bonchev–Trinajstić information content (AvgIpc) is 3.17. The van der Waals surface area contributed by atoms with Gasteiger partial charge in [0.25, 0.3) is 10.0 Å². The molecule has 24 heavy (non-hydrogen) atoms. The largest absolute Gasteiger partial charge is 0.468 e. The van der Waals surface area contributed by atoms with Gasteiger partial charge in [0, 0.05) is 0 Å². The van der Waals surface area contributed by atoms with Crippen molar-refractivity contribution in [2.75, 3.05) is 7.11 Å². The predicted octanol–water partition coefficient (Wildman–Crippen LogP) is 2.37. The van der Waals surface area contributed by atoms with E-state index in [9.17, 15) is 17.6 Å². The van der Waals surface area contributed by atoms with Crippen molar-refractivity contribution in [2.24, 2.45) is 4.40 Å². The zero-order valence-corrected chi connectivity index (χ0v) is 14.8. The lowest BCUT2D eigenvalue weighted by atomic mass is 10.3. The van der Waals surface area contributed by atoms with Crippen molar-refractivity contribution in [1.29, 1.82) is 0 Å². The third kappa shape index (κ3) is 3.12. The molecular formula is C14H11FN2O4S3. The monoisotopic (exact) mass is 386 g/mol. The highest BCUT2D eigenvalue weighted by atomic mass is 32.2. The minimum Gasteiger partial charge on any atom is -0.468 e. The summed E-state index contributed by atoms with van der Waals surface area (Å²) in [5.41, 5.74) is 0.119. The van der Waals surface area contributed by atoms with Crippen LogP contribution in [0.3, 0.4) is 0 Å². The number of hydrogen-bond acceptors (Lipinski definition) is 6. The predicted molar refractivity (Wildman–Crippen MR) is 88.9 cm³/mol. The summed E-state index contributed by atoms with van der Waals surface area (Å²) < 4.78 is 49.0. The van der Waals surface area contributed by atoms with Crippen LogP contribution >= 0.6 is 22.7 Å². The molecular weight excluding hydrogens is 375 g/mol. The highest BCUT2D eigenvalue weighted by Gasteiger charge is 2.18. The number of para-hydroxylation sites is 1. The number of thiazole rings is 1. The lowest BCUT2D eigenvalue weighted by Gasteiger charge is -2.04. The Hall–Kier alpha value is -2.04. The molecule has 0 spiro atoms. The number of esters is 1. The summed E-state index contributed by atoms with van der Waals surface area (Å²) >= 11 is 2.02. The number of thiophene rings is 1. The van der Waals surface area contributed by atoms with Crippen molar-refractivity contribution < 1.29 is 22.3 Å². The Labute approximate surface area is 144 Å². The molecule has 126 valence electrons. The first-order valence-electron chi connectivity index (χ1n) is 6.61. The summed E-state index contributed by atoms with van der Waals surface area (Å²) in [4.78, 5) is 11.6. The molecule has 2 aromatic heterocycles. The molecule has 0 aliphatic carbocycles. The summed E-state index contributed by atoms with van der Waals surface area (Å²) in [6.45, 7) is -0.337. The maximum absolute atomic E-state index is 14.2. The summed E-state index contributed by atoms with van der Waals surface area (Å²) in [6, 6.07) is 7.41. The van der Waals surface area contributed by atoms with Gasteiger partial charge >= 0.3 is 5.97 Å². The van der Waals surface area contributed by atoms with Crippen LogP contribution in [-0.4, -0.2) is 26.1 Å². The third-order valence-corrected chi connectivity index (χ3v) is 6.91. The number of nitrogens with zero attached hydrogens (tertiary/aromatic N) is 2. The number of sulfonamides is 1. The zero-order chi connectivity index (χ0) is 17.3. The fraction of sp³-hybridized carbons (Fsp3) is 0.143. The molecule has 0 radical (unpaired) electrons. The molecule has 3 rings (SSSR count). The summed E-state index contributed by atoms with van der Waals surface area (Å²) in [6.07, 6.45) is 0. The molecule has 0 fully saturated rings. The molecule has 2 heterocycles. The second kappa shape index (κ2) is 6.46. The lowest BCUT2D eigenvalue weighted by Crippen LogP contribution is -2.22. The van der Waals surface area contributed by atoms with Crippen LogP contribution in [0, 0.1) is 5.82 Å². The number of halogens is 1. The molecule has 0 unspecified atom stereocenters. The summed E-state index contributed by atoms with van der Waals surface area (Å²) in [5.74, 6) is -1.20. The Morgan fingerprint density at radius 3 is 2.79 bits per heavy atom. The normalized spacial score (nSPS) is 12.7. The second-order valence-corrected chi connectivity index (χ2v) is 8.42. The first kappa shape index (κ1) is 16.8. The van der Waals surface area contributed by atoms with Crippen molar-refractivity contribution in [1.82, 2.24) is 4.57 Å².